The minimum atomic E-state index is -2.29. The average Bonchev–Trinajstić information content (AvgIpc) is 2.32. The van der Waals surface area contributed by atoms with Gasteiger partial charge in [0.2, 0.25) is 0 Å². The van der Waals surface area contributed by atoms with Gasteiger partial charge in [-0.3, -0.25) is 0 Å². The van der Waals surface area contributed by atoms with Crippen molar-refractivity contribution in [1.82, 2.24) is 0 Å². The molecule has 0 aromatic heterocycles. The van der Waals surface area contributed by atoms with E-state index in [1.165, 1.54) is 30.4 Å². The fourth-order valence-electron chi connectivity index (χ4n) is 2.09. The molecular formula is C12H9F2O2P. The molecule has 0 radical (unpaired) electrons. The fraction of sp³-hybridized carbons (Fsp3) is 0.167. The minimum absolute atomic E-state index is 0.357. The van der Waals surface area contributed by atoms with Gasteiger partial charge >= 0.3 is 0 Å². The van der Waals surface area contributed by atoms with Crippen LogP contribution in [-0.2, 0) is 4.57 Å². The zero-order chi connectivity index (χ0) is 12.0. The number of benzene rings is 1. The standard InChI is InChI=1S/C12H9F2O2P/c13-7-1-3-9-11(5-7)17(15)12-6-8(14)2-4-10(12)16-9/h1-6,9,11,17H. The van der Waals surface area contributed by atoms with Crippen molar-refractivity contribution >= 4 is 13.1 Å². The highest BCUT2D eigenvalue weighted by atomic mass is 31.1. The van der Waals surface area contributed by atoms with Gasteiger partial charge in [-0.05, 0) is 36.4 Å². The van der Waals surface area contributed by atoms with Crippen molar-refractivity contribution in [2.45, 2.75) is 11.8 Å². The monoisotopic (exact) mass is 254 g/mol. The zero-order valence-corrected chi connectivity index (χ0v) is 9.69. The quantitative estimate of drug-likeness (QED) is 0.665. The smallest absolute Gasteiger partial charge is 0.131 e. The number of hydrogen-bond donors (Lipinski definition) is 0. The summed E-state index contributed by atoms with van der Waals surface area (Å²) in [5.74, 6) is -0.454. The molecule has 17 heavy (non-hydrogen) atoms. The van der Waals surface area contributed by atoms with E-state index >= 15 is 0 Å². The summed E-state index contributed by atoms with van der Waals surface area (Å²) in [6.07, 6.45) is 3.72. The molecule has 3 rings (SSSR count). The van der Waals surface area contributed by atoms with Gasteiger partial charge in [0, 0.05) is 0 Å². The Morgan fingerprint density at radius 1 is 1.29 bits per heavy atom. The van der Waals surface area contributed by atoms with Crippen LogP contribution in [0.25, 0.3) is 0 Å². The Balaban J connectivity index is 2.10. The third-order valence-corrected chi connectivity index (χ3v) is 4.93. The highest BCUT2D eigenvalue weighted by Crippen LogP contribution is 2.42. The molecule has 2 nitrogen and oxygen atoms in total. The van der Waals surface area contributed by atoms with Gasteiger partial charge in [-0.15, -0.1) is 0 Å². The lowest BCUT2D eigenvalue weighted by Crippen LogP contribution is -2.35. The van der Waals surface area contributed by atoms with E-state index in [9.17, 15) is 13.3 Å². The van der Waals surface area contributed by atoms with Gasteiger partial charge in [-0.2, -0.15) is 0 Å². The average molecular weight is 254 g/mol. The van der Waals surface area contributed by atoms with E-state index in [2.05, 4.69) is 0 Å². The van der Waals surface area contributed by atoms with E-state index in [4.69, 9.17) is 4.74 Å². The van der Waals surface area contributed by atoms with Gasteiger partial charge in [0.15, 0.2) is 0 Å². The molecule has 1 aromatic carbocycles. The number of fused-ring (bicyclic) bond motifs is 2. The largest absolute Gasteiger partial charge is 0.484 e. The molecule has 1 aliphatic carbocycles. The molecule has 0 N–H and O–H groups in total. The van der Waals surface area contributed by atoms with Crippen LogP contribution in [0.15, 0.2) is 42.3 Å². The van der Waals surface area contributed by atoms with Crippen LogP contribution < -0.4 is 10.0 Å². The molecule has 0 amide bonds. The molecule has 3 unspecified atom stereocenters. The summed E-state index contributed by atoms with van der Waals surface area (Å²) in [6.45, 7) is 0. The Morgan fingerprint density at radius 2 is 2.12 bits per heavy atom. The summed E-state index contributed by atoms with van der Waals surface area (Å²) in [4.78, 5) is 0. The maximum Gasteiger partial charge on any atom is 0.131 e. The second kappa shape index (κ2) is 3.81. The van der Waals surface area contributed by atoms with E-state index in [1.807, 2.05) is 0 Å². The van der Waals surface area contributed by atoms with Crippen molar-refractivity contribution in [2.24, 2.45) is 0 Å². The Labute approximate surface area is 97.4 Å². The van der Waals surface area contributed by atoms with Crippen molar-refractivity contribution in [3.63, 3.8) is 0 Å². The molecule has 3 atom stereocenters. The maximum absolute atomic E-state index is 13.1. The zero-order valence-electron chi connectivity index (χ0n) is 8.69. The Morgan fingerprint density at radius 3 is 2.94 bits per heavy atom. The van der Waals surface area contributed by atoms with Gasteiger partial charge in [-0.1, -0.05) is 0 Å². The van der Waals surface area contributed by atoms with Crippen LogP contribution in [0.1, 0.15) is 0 Å². The number of halogens is 2. The fourth-order valence-corrected chi connectivity index (χ4v) is 3.90. The van der Waals surface area contributed by atoms with Crippen LogP contribution in [0, 0.1) is 5.82 Å². The lowest BCUT2D eigenvalue weighted by Gasteiger charge is -2.31. The SMILES string of the molecule is O=[PH]1c2cc(F)ccc2OC2C=CC(F)=CC21. The second-order valence-electron chi connectivity index (χ2n) is 4.02. The first-order valence-corrected chi connectivity index (χ1v) is 6.69. The Bertz CT molecular complexity index is 566. The molecule has 0 saturated carbocycles. The lowest BCUT2D eigenvalue weighted by atomic mass is 10.1. The minimum Gasteiger partial charge on any atom is -0.484 e. The first kappa shape index (κ1) is 10.7. The summed E-state index contributed by atoms with van der Waals surface area (Å²) < 4.78 is 44.0. The Hall–Kier alpha value is -1.41. The van der Waals surface area contributed by atoms with Crippen molar-refractivity contribution in [1.29, 1.82) is 0 Å². The van der Waals surface area contributed by atoms with Crippen LogP contribution in [0.5, 0.6) is 5.75 Å². The van der Waals surface area contributed by atoms with E-state index in [-0.39, 0.29) is 0 Å². The van der Waals surface area contributed by atoms with Gasteiger partial charge in [0.05, 0.1) is 11.0 Å². The first-order valence-electron chi connectivity index (χ1n) is 5.21. The maximum atomic E-state index is 13.1. The van der Waals surface area contributed by atoms with Crippen LogP contribution in [0.2, 0.25) is 0 Å². The molecule has 5 heteroatoms. The molecule has 0 fully saturated rings. The summed E-state index contributed by atoms with van der Waals surface area (Å²) in [5.41, 5.74) is -0.515. The molecule has 1 aromatic rings. The van der Waals surface area contributed by atoms with Crippen molar-refractivity contribution in [3.05, 3.63) is 48.1 Å². The van der Waals surface area contributed by atoms with Crippen molar-refractivity contribution in [3.8, 4) is 5.75 Å². The van der Waals surface area contributed by atoms with E-state index in [0.29, 0.717) is 11.1 Å². The van der Waals surface area contributed by atoms with E-state index in [1.54, 1.807) is 6.08 Å². The molecule has 1 aliphatic heterocycles. The van der Waals surface area contributed by atoms with Crippen molar-refractivity contribution in [2.75, 3.05) is 0 Å². The lowest BCUT2D eigenvalue weighted by molar-refractivity contribution is 0.248. The second-order valence-corrected chi connectivity index (χ2v) is 5.96. The highest BCUT2D eigenvalue weighted by Gasteiger charge is 2.35. The summed E-state index contributed by atoms with van der Waals surface area (Å²) in [5, 5.41) is 0.357. The highest BCUT2D eigenvalue weighted by molar-refractivity contribution is 7.55. The van der Waals surface area contributed by atoms with Crippen LogP contribution in [-0.4, -0.2) is 11.8 Å². The number of rotatable bonds is 0. The number of ether oxygens (including phenoxy) is 1. The topological polar surface area (TPSA) is 26.3 Å². The molecule has 0 spiro atoms. The molecule has 0 bridgehead atoms. The predicted molar refractivity (Wildman–Crippen MR) is 61.6 cm³/mol. The van der Waals surface area contributed by atoms with Gasteiger partial charge in [-0.25, -0.2) is 8.78 Å². The normalized spacial score (nSPS) is 30.0. The Kier molecular flexibility index (Phi) is 2.40. The van der Waals surface area contributed by atoms with E-state index < -0.39 is 31.2 Å². The molecule has 1 heterocycles. The number of hydrogen-bond acceptors (Lipinski definition) is 2. The summed E-state index contributed by atoms with van der Waals surface area (Å²) in [7, 11) is -2.29. The van der Waals surface area contributed by atoms with Gasteiger partial charge in [0.1, 0.15) is 31.3 Å². The van der Waals surface area contributed by atoms with Crippen molar-refractivity contribution < 1.29 is 18.1 Å². The van der Waals surface area contributed by atoms with Gasteiger partial charge < -0.3 is 9.30 Å². The van der Waals surface area contributed by atoms with Crippen LogP contribution in [0.4, 0.5) is 8.78 Å². The molecular weight excluding hydrogens is 245 g/mol. The first-order chi connectivity index (χ1) is 8.15. The van der Waals surface area contributed by atoms with Crippen LogP contribution in [0.3, 0.4) is 0 Å². The van der Waals surface area contributed by atoms with E-state index in [0.717, 1.165) is 0 Å². The predicted octanol–water partition coefficient (Wildman–Crippen LogP) is 2.56. The van der Waals surface area contributed by atoms with Crippen LogP contribution >= 0.6 is 7.80 Å². The summed E-state index contributed by atoms with van der Waals surface area (Å²) in [6, 6.07) is 3.93. The number of allylic oxidation sites excluding steroid dienone is 2. The third-order valence-electron chi connectivity index (χ3n) is 2.91. The molecule has 0 saturated heterocycles. The molecule has 2 aliphatic rings. The summed E-state index contributed by atoms with van der Waals surface area (Å²) >= 11 is 0. The van der Waals surface area contributed by atoms with Gasteiger partial charge in [0.25, 0.3) is 0 Å². The third kappa shape index (κ3) is 1.73. The molecule has 88 valence electrons.